The van der Waals surface area contributed by atoms with Crippen molar-refractivity contribution in [2.75, 3.05) is 20.3 Å². The Morgan fingerprint density at radius 1 is 1.22 bits per heavy atom. The number of nitrogens with one attached hydrogen (secondary N) is 1. The molecule has 1 fully saturated rings. The molecule has 0 bridgehead atoms. The highest BCUT2D eigenvalue weighted by Crippen LogP contribution is 2.42. The van der Waals surface area contributed by atoms with Gasteiger partial charge in [-0.1, -0.05) is 48.5 Å². The molecule has 3 rings (SSSR count). The summed E-state index contributed by atoms with van der Waals surface area (Å²) < 4.78 is 26.8. The van der Waals surface area contributed by atoms with Gasteiger partial charge in [0.2, 0.25) is 0 Å². The molecule has 3 heterocycles. The zero-order valence-corrected chi connectivity index (χ0v) is 25.6. The third-order valence-electron chi connectivity index (χ3n) is 6.57. The number of hydrogen-bond acceptors (Lipinski definition) is 8. The summed E-state index contributed by atoms with van der Waals surface area (Å²) in [7, 11) is -2.73. The minimum absolute atomic E-state index is 0.0101. The molecule has 0 aliphatic carbocycles. The average Bonchev–Trinajstić information content (AvgIpc) is 3.46. The Kier molecular flexibility index (Phi) is 14.3. The van der Waals surface area contributed by atoms with E-state index in [9.17, 15) is 9.36 Å². The van der Waals surface area contributed by atoms with Crippen molar-refractivity contribution in [3.8, 4) is 0 Å². The van der Waals surface area contributed by atoms with Crippen LogP contribution in [0.5, 0.6) is 0 Å². The fourth-order valence-electron chi connectivity index (χ4n) is 5.05. The summed E-state index contributed by atoms with van der Waals surface area (Å²) in [5.41, 5.74) is 2.75. The molecule has 1 unspecified atom stereocenters. The SMILES string of the molecule is CCCO[Si](C(C)C)(C(C)C)C(C)C.CO[P+](=O)O.Cc1nc2c(ncn2[C@H]2CC[C@@H](CO)O2)c(=O)[nH]1. The van der Waals surface area contributed by atoms with E-state index in [0.29, 0.717) is 33.6 Å². The van der Waals surface area contributed by atoms with Gasteiger partial charge in [0.05, 0.1) is 26.1 Å². The van der Waals surface area contributed by atoms with Crippen LogP contribution in [0, 0.1) is 6.92 Å². The van der Waals surface area contributed by atoms with Crippen LogP contribution < -0.4 is 5.56 Å². The van der Waals surface area contributed by atoms with E-state index in [4.69, 9.17) is 19.2 Å². The maximum absolute atomic E-state index is 11.7. The maximum Gasteiger partial charge on any atom is 0.694 e. The highest BCUT2D eigenvalue weighted by molar-refractivity contribution is 7.32. The number of aliphatic hydroxyl groups is 1. The summed E-state index contributed by atoms with van der Waals surface area (Å²) in [4.78, 5) is 30.3. The van der Waals surface area contributed by atoms with Crippen molar-refractivity contribution in [2.24, 2.45) is 0 Å². The Bertz CT molecular complexity index is 1010. The third-order valence-corrected chi connectivity index (χ3v) is 13.0. The lowest BCUT2D eigenvalue weighted by Crippen LogP contribution is -2.47. The van der Waals surface area contributed by atoms with Crippen molar-refractivity contribution in [2.45, 2.75) is 104 Å². The number of rotatable bonds is 9. The van der Waals surface area contributed by atoms with Gasteiger partial charge >= 0.3 is 8.25 Å². The molecule has 0 saturated carbocycles. The number of aromatic amines is 1. The molecule has 0 aromatic carbocycles. The van der Waals surface area contributed by atoms with Crippen LogP contribution in [0.25, 0.3) is 11.2 Å². The van der Waals surface area contributed by atoms with Crippen molar-refractivity contribution in [3.63, 3.8) is 0 Å². The van der Waals surface area contributed by atoms with Crippen LogP contribution in [-0.2, 0) is 18.3 Å². The van der Waals surface area contributed by atoms with E-state index >= 15 is 0 Å². The van der Waals surface area contributed by atoms with Crippen LogP contribution in [-0.4, -0.2) is 64.3 Å². The van der Waals surface area contributed by atoms with E-state index in [1.807, 2.05) is 0 Å². The van der Waals surface area contributed by atoms with Crippen molar-refractivity contribution in [1.29, 1.82) is 0 Å². The van der Waals surface area contributed by atoms with Crippen molar-refractivity contribution in [3.05, 3.63) is 22.5 Å². The molecule has 2 aromatic rings. The van der Waals surface area contributed by atoms with Crippen molar-refractivity contribution in [1.82, 2.24) is 19.5 Å². The highest BCUT2D eigenvalue weighted by atomic mass is 31.1. The summed E-state index contributed by atoms with van der Waals surface area (Å²) in [6.45, 7) is 18.9. The second-order valence-corrected chi connectivity index (χ2v) is 16.3. The smallest absolute Gasteiger partial charge is 0.416 e. The van der Waals surface area contributed by atoms with E-state index in [1.165, 1.54) is 7.11 Å². The van der Waals surface area contributed by atoms with E-state index in [-0.39, 0.29) is 24.5 Å². The van der Waals surface area contributed by atoms with E-state index < -0.39 is 16.6 Å². The van der Waals surface area contributed by atoms with Crippen LogP contribution in [0.3, 0.4) is 0 Å². The summed E-state index contributed by atoms with van der Waals surface area (Å²) >= 11 is 0. The molecule has 0 amide bonds. The van der Waals surface area contributed by atoms with Gasteiger partial charge in [-0.2, -0.15) is 0 Å². The van der Waals surface area contributed by atoms with E-state index in [1.54, 1.807) is 17.8 Å². The number of aromatic nitrogens is 4. The van der Waals surface area contributed by atoms with E-state index in [0.717, 1.165) is 25.9 Å². The van der Waals surface area contributed by atoms with Crippen molar-refractivity contribution < 1.29 is 28.3 Å². The van der Waals surface area contributed by atoms with Crippen LogP contribution >= 0.6 is 8.25 Å². The molecule has 2 aromatic heterocycles. The molecule has 212 valence electrons. The first-order valence-corrected chi connectivity index (χ1v) is 16.2. The first kappa shape index (κ1) is 33.5. The second-order valence-electron chi connectivity index (χ2n) is 10.0. The summed E-state index contributed by atoms with van der Waals surface area (Å²) in [5.74, 6) is 0.547. The normalized spacial score (nSPS) is 18.2. The first-order chi connectivity index (χ1) is 17.3. The Labute approximate surface area is 222 Å². The molecule has 1 aliphatic heterocycles. The van der Waals surface area contributed by atoms with Gasteiger partial charge in [-0.25, -0.2) is 9.97 Å². The molecule has 0 radical (unpaired) electrons. The number of imidazole rings is 1. The fraction of sp³-hybridized carbons (Fsp3) is 0.792. The number of hydrogen-bond donors (Lipinski definition) is 3. The van der Waals surface area contributed by atoms with Crippen molar-refractivity contribution >= 4 is 27.7 Å². The maximum atomic E-state index is 11.7. The third kappa shape index (κ3) is 9.02. The first-order valence-electron chi connectivity index (χ1n) is 12.9. The Hall–Kier alpha value is -1.53. The molecular formula is C24H46N4O7PSi+. The van der Waals surface area contributed by atoms with Gasteiger partial charge in [-0.3, -0.25) is 9.36 Å². The molecule has 13 heteroatoms. The molecule has 1 aliphatic rings. The minimum Gasteiger partial charge on any atom is -0.416 e. The predicted molar refractivity (Wildman–Crippen MR) is 147 cm³/mol. The Morgan fingerprint density at radius 3 is 2.22 bits per heavy atom. The molecule has 37 heavy (non-hydrogen) atoms. The monoisotopic (exact) mass is 561 g/mol. The molecule has 3 atom stereocenters. The van der Waals surface area contributed by atoms with Gasteiger partial charge in [0.1, 0.15) is 12.1 Å². The number of aliphatic hydroxyl groups excluding tert-OH is 1. The summed E-state index contributed by atoms with van der Waals surface area (Å²) in [6, 6.07) is 0. The van der Waals surface area contributed by atoms with E-state index in [2.05, 4.69) is 67.9 Å². The second kappa shape index (κ2) is 15.8. The number of H-pyrrole nitrogens is 1. The minimum atomic E-state index is -2.35. The van der Waals surface area contributed by atoms with Gasteiger partial charge in [-0.05, 0) is 42.8 Å². The molecule has 0 spiro atoms. The zero-order chi connectivity index (χ0) is 28.3. The lowest BCUT2D eigenvalue weighted by atomic mass is 10.2. The topological polar surface area (TPSA) is 149 Å². The summed E-state index contributed by atoms with van der Waals surface area (Å²) in [5, 5.41) is 9.06. The summed E-state index contributed by atoms with van der Waals surface area (Å²) in [6.07, 6.45) is 3.93. The van der Waals surface area contributed by atoms with Gasteiger partial charge in [-0.15, -0.1) is 9.42 Å². The number of nitrogens with zero attached hydrogens (tertiary/aromatic N) is 3. The van der Waals surface area contributed by atoms with Crippen LogP contribution in [0.4, 0.5) is 0 Å². The van der Waals surface area contributed by atoms with Gasteiger partial charge in [0, 0.05) is 11.2 Å². The Morgan fingerprint density at radius 2 is 1.78 bits per heavy atom. The van der Waals surface area contributed by atoms with Gasteiger partial charge in [0.15, 0.2) is 19.5 Å². The number of aryl methyl sites for hydroxylation is 1. The number of fused-ring (bicyclic) bond motifs is 1. The largest absolute Gasteiger partial charge is 0.694 e. The molecule has 1 saturated heterocycles. The van der Waals surface area contributed by atoms with Gasteiger partial charge in [0.25, 0.3) is 5.56 Å². The van der Waals surface area contributed by atoms with Gasteiger partial charge < -0.3 is 19.3 Å². The fourth-order valence-corrected chi connectivity index (χ4v) is 10.6. The Balaban J connectivity index is 0.000000322. The molecular weight excluding hydrogens is 515 g/mol. The quantitative estimate of drug-likeness (QED) is 0.285. The molecule has 11 nitrogen and oxygen atoms in total. The zero-order valence-electron chi connectivity index (χ0n) is 23.7. The lowest BCUT2D eigenvalue weighted by molar-refractivity contribution is -0.0207. The van der Waals surface area contributed by atoms with Crippen LogP contribution in [0.1, 0.15) is 79.8 Å². The standard InChI is InChI=1S/C12H28OSi.C11H14N4O3.CH3O3P/c1-8-9-13-14(10(2)3,11(4)5)12(6)7;1-6-13-10-9(11(17)14-6)12-5-15(10)8-3-2-7(4-16)18-8;1-4-5(2)3/h10-12H,8-9H2,1-7H3;5,7-8,16H,2-4H2,1H3,(H,13,14,17);1H3/p+1/t;7-,8+;/m.0./s1. The number of ether oxygens (including phenoxy) is 1. The highest BCUT2D eigenvalue weighted by Gasteiger charge is 2.44. The molecule has 3 N–H and O–H groups in total. The lowest BCUT2D eigenvalue weighted by Gasteiger charge is -2.42. The van der Waals surface area contributed by atoms with Crippen LogP contribution in [0.2, 0.25) is 16.6 Å². The predicted octanol–water partition coefficient (Wildman–Crippen LogP) is 4.97. The van der Waals surface area contributed by atoms with Crippen LogP contribution in [0.15, 0.2) is 11.1 Å². The average molecular weight is 562 g/mol.